The SMILES string of the molecule is O=C(CC1CNc2ccccc21)NC1CCC(C(=O)O)C1. The molecule has 1 aromatic carbocycles. The number of carbonyl (C=O) groups excluding carboxylic acids is 1. The van der Waals surface area contributed by atoms with Crippen molar-refractivity contribution >= 4 is 17.6 Å². The van der Waals surface area contributed by atoms with Crippen LogP contribution in [0.15, 0.2) is 24.3 Å². The highest BCUT2D eigenvalue weighted by Crippen LogP contribution is 2.33. The fourth-order valence-corrected chi connectivity index (χ4v) is 3.39. The Hall–Kier alpha value is -2.04. The molecule has 3 atom stereocenters. The molecule has 0 saturated heterocycles. The third kappa shape index (κ3) is 3.01. The molecule has 112 valence electrons. The van der Waals surface area contributed by atoms with E-state index in [0.717, 1.165) is 18.7 Å². The first-order valence-corrected chi connectivity index (χ1v) is 7.48. The normalized spacial score (nSPS) is 27.0. The van der Waals surface area contributed by atoms with E-state index in [1.807, 2.05) is 18.2 Å². The third-order valence-electron chi connectivity index (χ3n) is 4.52. The van der Waals surface area contributed by atoms with Crippen molar-refractivity contribution in [1.29, 1.82) is 0 Å². The lowest BCUT2D eigenvalue weighted by Crippen LogP contribution is -2.34. The van der Waals surface area contributed by atoms with E-state index < -0.39 is 5.97 Å². The summed E-state index contributed by atoms with van der Waals surface area (Å²) in [5.74, 6) is -0.822. The van der Waals surface area contributed by atoms with Gasteiger partial charge in [0.1, 0.15) is 0 Å². The number of rotatable bonds is 4. The first kappa shape index (κ1) is 13.9. The summed E-state index contributed by atoms with van der Waals surface area (Å²) in [7, 11) is 0. The summed E-state index contributed by atoms with van der Waals surface area (Å²) < 4.78 is 0. The number of carboxylic acids is 1. The maximum Gasteiger partial charge on any atom is 0.306 e. The molecule has 5 heteroatoms. The number of amides is 1. The second kappa shape index (κ2) is 5.76. The maximum absolute atomic E-state index is 12.2. The van der Waals surface area contributed by atoms with Crippen LogP contribution in [0.4, 0.5) is 5.69 Å². The zero-order chi connectivity index (χ0) is 14.8. The molecule has 0 radical (unpaired) electrons. The molecular formula is C16H20N2O3. The van der Waals surface area contributed by atoms with Crippen LogP contribution in [0.2, 0.25) is 0 Å². The predicted octanol–water partition coefficient (Wildman–Crippen LogP) is 1.96. The molecular weight excluding hydrogens is 268 g/mol. The van der Waals surface area contributed by atoms with E-state index in [1.165, 1.54) is 5.56 Å². The Morgan fingerprint density at radius 1 is 1.29 bits per heavy atom. The van der Waals surface area contributed by atoms with Gasteiger partial charge in [-0.2, -0.15) is 0 Å². The van der Waals surface area contributed by atoms with E-state index in [9.17, 15) is 9.59 Å². The topological polar surface area (TPSA) is 78.4 Å². The monoisotopic (exact) mass is 288 g/mol. The van der Waals surface area contributed by atoms with E-state index in [1.54, 1.807) is 0 Å². The highest BCUT2D eigenvalue weighted by molar-refractivity contribution is 5.78. The quantitative estimate of drug-likeness (QED) is 0.791. The van der Waals surface area contributed by atoms with Gasteiger partial charge in [-0.25, -0.2) is 0 Å². The predicted molar refractivity (Wildman–Crippen MR) is 79.2 cm³/mol. The molecule has 3 rings (SSSR count). The van der Waals surface area contributed by atoms with Gasteiger partial charge >= 0.3 is 5.97 Å². The smallest absolute Gasteiger partial charge is 0.306 e. The Balaban J connectivity index is 1.53. The van der Waals surface area contributed by atoms with Gasteiger partial charge in [0.15, 0.2) is 0 Å². The number of nitrogens with one attached hydrogen (secondary N) is 2. The van der Waals surface area contributed by atoms with Gasteiger partial charge in [-0.15, -0.1) is 0 Å². The largest absolute Gasteiger partial charge is 0.481 e. The number of hydrogen-bond donors (Lipinski definition) is 3. The zero-order valence-electron chi connectivity index (χ0n) is 11.8. The molecule has 1 aromatic rings. The van der Waals surface area contributed by atoms with Crippen LogP contribution < -0.4 is 10.6 Å². The van der Waals surface area contributed by atoms with Crippen molar-refractivity contribution in [1.82, 2.24) is 5.32 Å². The Kier molecular flexibility index (Phi) is 3.82. The van der Waals surface area contributed by atoms with Crippen molar-refractivity contribution in [2.45, 2.75) is 37.6 Å². The lowest BCUT2D eigenvalue weighted by atomic mass is 9.97. The fraction of sp³-hybridized carbons (Fsp3) is 0.500. The maximum atomic E-state index is 12.2. The van der Waals surface area contributed by atoms with Gasteiger partial charge < -0.3 is 15.7 Å². The Morgan fingerprint density at radius 3 is 2.86 bits per heavy atom. The van der Waals surface area contributed by atoms with Gasteiger partial charge in [0.05, 0.1) is 5.92 Å². The summed E-state index contributed by atoms with van der Waals surface area (Å²) in [6.07, 6.45) is 2.44. The van der Waals surface area contributed by atoms with Crippen molar-refractivity contribution in [3.05, 3.63) is 29.8 Å². The first-order valence-electron chi connectivity index (χ1n) is 7.48. The van der Waals surface area contributed by atoms with E-state index in [2.05, 4.69) is 16.7 Å². The lowest BCUT2D eigenvalue weighted by Gasteiger charge is -2.15. The van der Waals surface area contributed by atoms with Crippen molar-refractivity contribution in [2.75, 3.05) is 11.9 Å². The highest BCUT2D eigenvalue weighted by atomic mass is 16.4. The number of para-hydroxylation sites is 1. The van der Waals surface area contributed by atoms with Crippen LogP contribution in [0.25, 0.3) is 0 Å². The fourth-order valence-electron chi connectivity index (χ4n) is 3.39. The van der Waals surface area contributed by atoms with Crippen molar-refractivity contribution in [2.24, 2.45) is 5.92 Å². The number of aliphatic carboxylic acids is 1. The summed E-state index contributed by atoms with van der Waals surface area (Å²) in [6.45, 7) is 0.787. The molecule has 1 aliphatic heterocycles. The summed E-state index contributed by atoms with van der Waals surface area (Å²) in [5.41, 5.74) is 2.31. The van der Waals surface area contributed by atoms with E-state index >= 15 is 0 Å². The summed E-state index contributed by atoms with van der Waals surface area (Å²) >= 11 is 0. The van der Waals surface area contributed by atoms with Gasteiger partial charge in [-0.1, -0.05) is 18.2 Å². The molecule has 1 heterocycles. The standard InChI is InChI=1S/C16H20N2O3/c19-15(18-12-6-5-10(7-12)16(20)21)8-11-9-17-14-4-2-1-3-13(11)14/h1-4,10-12,17H,5-9H2,(H,18,19)(H,20,21). The van der Waals surface area contributed by atoms with E-state index in [4.69, 9.17) is 5.11 Å². The second-order valence-electron chi connectivity index (χ2n) is 5.98. The molecule has 3 N–H and O–H groups in total. The highest BCUT2D eigenvalue weighted by Gasteiger charge is 2.31. The molecule has 5 nitrogen and oxygen atoms in total. The molecule has 0 bridgehead atoms. The molecule has 21 heavy (non-hydrogen) atoms. The zero-order valence-corrected chi connectivity index (χ0v) is 11.8. The van der Waals surface area contributed by atoms with Crippen LogP contribution in [0, 0.1) is 5.92 Å². The molecule has 0 aromatic heterocycles. The number of hydrogen-bond acceptors (Lipinski definition) is 3. The Labute approximate surface area is 123 Å². The second-order valence-corrected chi connectivity index (χ2v) is 5.98. The average molecular weight is 288 g/mol. The summed E-state index contributed by atoms with van der Waals surface area (Å²) in [4.78, 5) is 23.1. The number of fused-ring (bicyclic) bond motifs is 1. The van der Waals surface area contributed by atoms with Crippen molar-refractivity contribution < 1.29 is 14.7 Å². The van der Waals surface area contributed by atoms with Crippen LogP contribution in [0.5, 0.6) is 0 Å². The van der Waals surface area contributed by atoms with Crippen LogP contribution in [-0.2, 0) is 9.59 Å². The Bertz CT molecular complexity index is 558. The molecule has 3 unspecified atom stereocenters. The molecule has 1 amide bonds. The average Bonchev–Trinajstić information content (AvgIpc) is 3.07. The minimum atomic E-state index is -0.749. The van der Waals surface area contributed by atoms with Gasteiger partial charge in [-0.05, 0) is 30.9 Å². The van der Waals surface area contributed by atoms with Gasteiger partial charge in [0.2, 0.25) is 5.91 Å². The lowest BCUT2D eigenvalue weighted by molar-refractivity contribution is -0.141. The van der Waals surface area contributed by atoms with Crippen molar-refractivity contribution in [3.63, 3.8) is 0 Å². The van der Waals surface area contributed by atoms with E-state index in [-0.39, 0.29) is 23.8 Å². The third-order valence-corrected chi connectivity index (χ3v) is 4.52. The molecule has 2 aliphatic rings. The summed E-state index contributed by atoms with van der Waals surface area (Å²) in [5, 5.41) is 15.3. The van der Waals surface area contributed by atoms with Crippen LogP contribution >= 0.6 is 0 Å². The van der Waals surface area contributed by atoms with Crippen LogP contribution in [-0.4, -0.2) is 29.6 Å². The first-order chi connectivity index (χ1) is 10.1. The number of carbonyl (C=O) groups is 2. The number of carboxylic acid groups (broad SMARTS) is 1. The van der Waals surface area contributed by atoms with Gasteiger partial charge in [0.25, 0.3) is 0 Å². The minimum absolute atomic E-state index is 0.0169. The van der Waals surface area contributed by atoms with Crippen LogP contribution in [0.1, 0.15) is 37.2 Å². The van der Waals surface area contributed by atoms with Crippen LogP contribution in [0.3, 0.4) is 0 Å². The molecule has 1 fully saturated rings. The number of anilines is 1. The number of benzene rings is 1. The van der Waals surface area contributed by atoms with Gasteiger partial charge in [-0.3, -0.25) is 9.59 Å². The molecule has 1 aliphatic carbocycles. The van der Waals surface area contributed by atoms with Gasteiger partial charge in [0, 0.05) is 30.6 Å². The minimum Gasteiger partial charge on any atom is -0.481 e. The van der Waals surface area contributed by atoms with E-state index in [0.29, 0.717) is 19.3 Å². The summed E-state index contributed by atoms with van der Waals surface area (Å²) in [6, 6.07) is 8.08. The molecule has 0 spiro atoms. The van der Waals surface area contributed by atoms with Crippen molar-refractivity contribution in [3.8, 4) is 0 Å². The molecule has 1 saturated carbocycles. The Morgan fingerprint density at radius 2 is 2.10 bits per heavy atom.